The molecule has 6 aliphatic rings. The first-order chi connectivity index (χ1) is 18.4. The zero-order valence-electron chi connectivity index (χ0n) is 22.2. The van der Waals surface area contributed by atoms with Crippen LogP contribution in [0.3, 0.4) is 0 Å². The highest BCUT2D eigenvalue weighted by molar-refractivity contribution is 6.25. The van der Waals surface area contributed by atoms with Crippen molar-refractivity contribution < 1.29 is 19.2 Å². The summed E-state index contributed by atoms with van der Waals surface area (Å²) in [7, 11) is 0. The second kappa shape index (κ2) is 10.4. The van der Waals surface area contributed by atoms with E-state index in [0.29, 0.717) is 22.2 Å². The molecule has 5 fully saturated rings. The molecule has 1 atom stereocenters. The Balaban J connectivity index is 0.923. The largest absolute Gasteiger partial charge is 0.384 e. The van der Waals surface area contributed by atoms with E-state index in [1.165, 1.54) is 57.9 Å². The lowest BCUT2D eigenvalue weighted by molar-refractivity contribution is -0.136. The average Bonchev–Trinajstić information content (AvgIpc) is 3.12. The van der Waals surface area contributed by atoms with Gasteiger partial charge < -0.3 is 10.6 Å². The number of hydrogen-bond acceptors (Lipinski definition) is 6. The van der Waals surface area contributed by atoms with Gasteiger partial charge in [-0.25, -0.2) is 0 Å². The number of hydrogen-bond donors (Lipinski definition) is 3. The van der Waals surface area contributed by atoms with E-state index in [-0.39, 0.29) is 18.7 Å². The molecular formula is C30H40N4O4. The molecule has 0 spiro atoms. The van der Waals surface area contributed by atoms with Gasteiger partial charge in [-0.2, -0.15) is 0 Å². The first-order valence-corrected chi connectivity index (χ1v) is 14.7. The fraction of sp³-hybridized carbons (Fsp3) is 0.667. The number of amides is 4. The normalized spacial score (nSPS) is 31.6. The van der Waals surface area contributed by atoms with Crippen molar-refractivity contribution in [3.05, 3.63) is 29.3 Å². The van der Waals surface area contributed by atoms with Crippen LogP contribution in [0.1, 0.15) is 97.8 Å². The van der Waals surface area contributed by atoms with Gasteiger partial charge in [-0.15, -0.1) is 0 Å². The molecule has 2 heterocycles. The van der Waals surface area contributed by atoms with Crippen LogP contribution in [0.5, 0.6) is 0 Å². The van der Waals surface area contributed by atoms with Gasteiger partial charge in [0.2, 0.25) is 11.8 Å². The van der Waals surface area contributed by atoms with Crippen LogP contribution in [-0.4, -0.2) is 54.2 Å². The Hall–Kier alpha value is -2.74. The number of unbranched alkanes of at least 4 members (excludes halogenated alkanes) is 3. The molecule has 1 aromatic rings. The summed E-state index contributed by atoms with van der Waals surface area (Å²) in [5.74, 6) is 1.14. The quantitative estimate of drug-likeness (QED) is 0.302. The number of nitrogens with zero attached hydrogens (tertiary/aromatic N) is 1. The number of nitrogens with one attached hydrogen (secondary N) is 3. The Labute approximate surface area is 224 Å². The highest BCUT2D eigenvalue weighted by Crippen LogP contribution is 2.59. The summed E-state index contributed by atoms with van der Waals surface area (Å²) < 4.78 is 0. The van der Waals surface area contributed by atoms with Crippen molar-refractivity contribution in [1.82, 2.24) is 15.5 Å². The molecule has 4 amide bonds. The summed E-state index contributed by atoms with van der Waals surface area (Å²) in [4.78, 5) is 51.0. The number of carbonyl (C=O) groups excluding carboxylic acids is 4. The van der Waals surface area contributed by atoms with Crippen molar-refractivity contribution >= 4 is 29.3 Å². The summed E-state index contributed by atoms with van der Waals surface area (Å²) in [6.45, 7) is 3.02. The van der Waals surface area contributed by atoms with Crippen LogP contribution in [0.15, 0.2) is 18.2 Å². The summed E-state index contributed by atoms with van der Waals surface area (Å²) in [6, 6.07) is 4.26. The molecule has 0 radical (unpaired) electrons. The van der Waals surface area contributed by atoms with E-state index in [1.54, 1.807) is 12.1 Å². The number of benzene rings is 1. The van der Waals surface area contributed by atoms with Crippen molar-refractivity contribution in [1.29, 1.82) is 0 Å². The number of rotatable bonds is 11. The molecule has 4 saturated carbocycles. The Kier molecular flexibility index (Phi) is 7.01. The molecule has 8 heteroatoms. The minimum Gasteiger partial charge on any atom is -0.384 e. The third kappa shape index (κ3) is 4.88. The zero-order valence-corrected chi connectivity index (χ0v) is 22.2. The van der Waals surface area contributed by atoms with E-state index in [4.69, 9.17) is 0 Å². The predicted molar refractivity (Wildman–Crippen MR) is 144 cm³/mol. The molecule has 1 unspecified atom stereocenters. The molecule has 7 rings (SSSR count). The zero-order chi connectivity index (χ0) is 26.3. The number of carbonyl (C=O) groups is 4. The lowest BCUT2D eigenvalue weighted by atomic mass is 9.49. The van der Waals surface area contributed by atoms with Gasteiger partial charge in [-0.1, -0.05) is 18.9 Å². The van der Waals surface area contributed by atoms with Crippen LogP contribution in [0.2, 0.25) is 0 Å². The molecule has 38 heavy (non-hydrogen) atoms. The topological polar surface area (TPSA) is 108 Å². The molecule has 3 N–H and O–H groups in total. The van der Waals surface area contributed by atoms with Crippen LogP contribution >= 0.6 is 0 Å². The summed E-state index contributed by atoms with van der Waals surface area (Å²) in [5, 5.41) is 9.38. The van der Waals surface area contributed by atoms with E-state index in [9.17, 15) is 19.2 Å². The van der Waals surface area contributed by atoms with Crippen LogP contribution < -0.4 is 16.0 Å². The molecule has 4 aliphatic carbocycles. The van der Waals surface area contributed by atoms with Crippen molar-refractivity contribution in [2.75, 3.05) is 25.0 Å². The maximum Gasteiger partial charge on any atom is 0.264 e. The fourth-order valence-corrected chi connectivity index (χ4v) is 8.47. The standard InChI is InChI=1S/C30H40N4O4/c35-25-9-8-24(27(36)33-25)34-28(37)22-6-5-7-23(26(22)29(34)38)32-11-4-2-1-3-10-31-18-30-15-19-12-20(16-30)14-21(13-19)17-30/h5-7,19-21,24,31-32H,1-4,8-18H2,(H,33,35,36). The first kappa shape index (κ1) is 25.5. The van der Waals surface area contributed by atoms with Gasteiger partial charge in [-0.3, -0.25) is 29.4 Å². The summed E-state index contributed by atoms with van der Waals surface area (Å²) >= 11 is 0. The van der Waals surface area contributed by atoms with Crippen molar-refractivity contribution in [3.63, 3.8) is 0 Å². The maximum absolute atomic E-state index is 13.2. The third-order valence-corrected chi connectivity index (χ3v) is 9.73. The van der Waals surface area contributed by atoms with Crippen LogP contribution in [0.4, 0.5) is 5.69 Å². The third-order valence-electron chi connectivity index (χ3n) is 9.73. The second-order valence-electron chi connectivity index (χ2n) is 12.6. The van der Waals surface area contributed by atoms with Crippen LogP contribution in [-0.2, 0) is 9.59 Å². The monoisotopic (exact) mass is 520 g/mol. The molecule has 8 nitrogen and oxygen atoms in total. The van der Waals surface area contributed by atoms with Gasteiger partial charge in [0, 0.05) is 25.2 Å². The predicted octanol–water partition coefficient (Wildman–Crippen LogP) is 3.87. The van der Waals surface area contributed by atoms with E-state index < -0.39 is 23.8 Å². The molecule has 0 aromatic heterocycles. The van der Waals surface area contributed by atoms with Gasteiger partial charge in [0.05, 0.1) is 11.1 Å². The summed E-state index contributed by atoms with van der Waals surface area (Å²) in [5.41, 5.74) is 1.88. The molecule has 1 saturated heterocycles. The minimum atomic E-state index is -0.940. The molecule has 1 aromatic carbocycles. The second-order valence-corrected chi connectivity index (χ2v) is 12.6. The van der Waals surface area contributed by atoms with Crippen LogP contribution in [0, 0.1) is 23.2 Å². The van der Waals surface area contributed by atoms with Crippen molar-refractivity contribution in [3.8, 4) is 0 Å². The molecule has 204 valence electrons. The smallest absolute Gasteiger partial charge is 0.264 e. The highest BCUT2D eigenvalue weighted by atomic mass is 16.2. The highest BCUT2D eigenvalue weighted by Gasteiger charge is 2.50. The van der Waals surface area contributed by atoms with Gasteiger partial charge in [0.1, 0.15) is 6.04 Å². The molecule has 2 aliphatic heterocycles. The fourth-order valence-electron chi connectivity index (χ4n) is 8.47. The summed E-state index contributed by atoms with van der Waals surface area (Å²) in [6.07, 6.45) is 13.6. The SMILES string of the molecule is O=C1CCC(N2C(=O)c3cccc(NCCCCCCNCC45CC6CC(CC(C6)C4)C5)c3C2=O)C(=O)N1. The molecular weight excluding hydrogens is 480 g/mol. The Morgan fingerprint density at radius 2 is 1.55 bits per heavy atom. The maximum atomic E-state index is 13.2. The van der Waals surface area contributed by atoms with E-state index in [1.807, 2.05) is 6.07 Å². The Morgan fingerprint density at radius 1 is 0.868 bits per heavy atom. The van der Waals surface area contributed by atoms with Gasteiger partial charge in [0.15, 0.2) is 0 Å². The van der Waals surface area contributed by atoms with Crippen LogP contribution in [0.25, 0.3) is 0 Å². The minimum absolute atomic E-state index is 0.118. The number of anilines is 1. The van der Waals surface area contributed by atoms with E-state index in [0.717, 1.165) is 48.6 Å². The lowest BCUT2D eigenvalue weighted by Crippen LogP contribution is -2.54. The Morgan fingerprint density at radius 3 is 2.24 bits per heavy atom. The van der Waals surface area contributed by atoms with Crippen molar-refractivity contribution in [2.45, 2.75) is 83.1 Å². The Bertz CT molecular complexity index is 1100. The van der Waals surface area contributed by atoms with Gasteiger partial charge in [-0.05, 0) is 99.6 Å². The van der Waals surface area contributed by atoms with Gasteiger partial charge >= 0.3 is 0 Å². The number of imide groups is 2. The lowest BCUT2D eigenvalue weighted by Gasteiger charge is -2.57. The first-order valence-electron chi connectivity index (χ1n) is 14.7. The van der Waals surface area contributed by atoms with E-state index in [2.05, 4.69) is 16.0 Å². The van der Waals surface area contributed by atoms with Gasteiger partial charge in [0.25, 0.3) is 11.8 Å². The number of piperidine rings is 1. The average molecular weight is 521 g/mol. The number of fused-ring (bicyclic) bond motifs is 1. The molecule has 4 bridgehead atoms. The van der Waals surface area contributed by atoms with Crippen molar-refractivity contribution in [2.24, 2.45) is 23.2 Å². The van der Waals surface area contributed by atoms with E-state index >= 15 is 0 Å².